The van der Waals surface area contributed by atoms with Crippen LogP contribution in [0.3, 0.4) is 0 Å². The maximum Gasteiger partial charge on any atom is 0.00905 e. The zero-order chi connectivity index (χ0) is 12.0. The van der Waals surface area contributed by atoms with Crippen molar-refractivity contribution in [2.45, 2.75) is 53.0 Å². The predicted octanol–water partition coefficient (Wildman–Crippen LogP) is 2.65. The van der Waals surface area contributed by atoms with E-state index >= 15 is 0 Å². The fourth-order valence-electron chi connectivity index (χ4n) is 2.53. The average molecular weight is 226 g/mol. The smallest absolute Gasteiger partial charge is 0.00905 e. The maximum absolute atomic E-state index is 3.46. The van der Waals surface area contributed by atoms with Gasteiger partial charge in [0, 0.05) is 6.04 Å². The van der Waals surface area contributed by atoms with E-state index in [-0.39, 0.29) is 0 Å². The van der Waals surface area contributed by atoms with Crippen LogP contribution < -0.4 is 10.6 Å². The molecule has 2 nitrogen and oxygen atoms in total. The highest BCUT2D eigenvalue weighted by atomic mass is 14.9. The Hall–Kier alpha value is -0.0800. The van der Waals surface area contributed by atoms with Gasteiger partial charge in [-0.2, -0.15) is 0 Å². The van der Waals surface area contributed by atoms with Crippen LogP contribution in [-0.4, -0.2) is 25.7 Å². The van der Waals surface area contributed by atoms with Crippen molar-refractivity contribution in [2.75, 3.05) is 19.6 Å². The summed E-state index contributed by atoms with van der Waals surface area (Å²) in [5.74, 6) is 2.66. The van der Waals surface area contributed by atoms with Gasteiger partial charge >= 0.3 is 0 Å². The lowest BCUT2D eigenvalue weighted by molar-refractivity contribution is 0.419. The van der Waals surface area contributed by atoms with E-state index in [2.05, 4.69) is 38.3 Å². The van der Waals surface area contributed by atoms with Gasteiger partial charge in [0.15, 0.2) is 0 Å². The maximum atomic E-state index is 3.46. The molecule has 0 aromatic rings. The molecule has 2 unspecified atom stereocenters. The van der Waals surface area contributed by atoms with Crippen LogP contribution in [-0.2, 0) is 0 Å². The Balaban J connectivity index is 0.000000160. The van der Waals surface area contributed by atoms with Gasteiger partial charge in [-0.3, -0.25) is 0 Å². The summed E-state index contributed by atoms with van der Waals surface area (Å²) >= 11 is 0. The number of hydrogen-bond acceptors (Lipinski definition) is 2. The van der Waals surface area contributed by atoms with Gasteiger partial charge in [0.25, 0.3) is 0 Å². The molecule has 2 heteroatoms. The van der Waals surface area contributed by atoms with Crippen molar-refractivity contribution in [1.82, 2.24) is 10.6 Å². The summed E-state index contributed by atoms with van der Waals surface area (Å²) in [5, 5.41) is 6.81. The van der Waals surface area contributed by atoms with E-state index in [1.54, 1.807) is 0 Å². The van der Waals surface area contributed by atoms with Crippen molar-refractivity contribution in [1.29, 1.82) is 0 Å². The van der Waals surface area contributed by atoms with E-state index in [9.17, 15) is 0 Å². The van der Waals surface area contributed by atoms with E-state index in [0.717, 1.165) is 23.8 Å². The molecule has 2 atom stereocenters. The molecule has 0 spiro atoms. The largest absolute Gasteiger partial charge is 0.316 e. The highest BCUT2D eigenvalue weighted by molar-refractivity contribution is 4.76. The fraction of sp³-hybridized carbons (Fsp3) is 1.00. The SMILES string of the molecule is CC(C)C1CCCN1.CC(C)C1CCNC1. The molecule has 0 amide bonds. The average Bonchev–Trinajstić information content (AvgIpc) is 2.93. The first-order chi connectivity index (χ1) is 7.61. The minimum absolute atomic E-state index is 0.815. The van der Waals surface area contributed by atoms with Crippen molar-refractivity contribution in [2.24, 2.45) is 17.8 Å². The molecule has 16 heavy (non-hydrogen) atoms. The Bertz CT molecular complexity index is 146. The second-order valence-electron chi connectivity index (χ2n) is 5.94. The Labute approximate surface area is 102 Å². The normalized spacial score (nSPS) is 29.6. The molecule has 2 heterocycles. The third-order valence-corrected chi connectivity index (χ3v) is 3.94. The van der Waals surface area contributed by atoms with Crippen molar-refractivity contribution in [3.8, 4) is 0 Å². The van der Waals surface area contributed by atoms with Crippen LogP contribution in [0.15, 0.2) is 0 Å². The number of rotatable bonds is 2. The zero-order valence-corrected chi connectivity index (χ0v) is 11.6. The van der Waals surface area contributed by atoms with Crippen LogP contribution in [0.4, 0.5) is 0 Å². The Kier molecular flexibility index (Phi) is 6.37. The van der Waals surface area contributed by atoms with E-state index < -0.39 is 0 Å². The second-order valence-corrected chi connectivity index (χ2v) is 5.94. The Morgan fingerprint density at radius 1 is 0.938 bits per heavy atom. The van der Waals surface area contributed by atoms with Crippen LogP contribution in [0, 0.1) is 17.8 Å². The quantitative estimate of drug-likeness (QED) is 0.756. The van der Waals surface area contributed by atoms with Crippen LogP contribution in [0.2, 0.25) is 0 Å². The third-order valence-electron chi connectivity index (χ3n) is 3.94. The lowest BCUT2D eigenvalue weighted by Gasteiger charge is -2.12. The molecule has 2 rings (SSSR count). The topological polar surface area (TPSA) is 24.1 Å². The summed E-state index contributed by atoms with van der Waals surface area (Å²) in [6, 6.07) is 0.815. The molecule has 2 aliphatic rings. The molecule has 2 saturated heterocycles. The first-order valence-electron chi connectivity index (χ1n) is 7.05. The molecular weight excluding hydrogens is 196 g/mol. The van der Waals surface area contributed by atoms with Gasteiger partial charge in [0.05, 0.1) is 0 Å². The monoisotopic (exact) mass is 226 g/mol. The molecule has 0 radical (unpaired) electrons. The fourth-order valence-corrected chi connectivity index (χ4v) is 2.53. The summed E-state index contributed by atoms with van der Waals surface area (Å²) in [5.41, 5.74) is 0. The molecule has 0 saturated carbocycles. The molecule has 0 aliphatic carbocycles. The Morgan fingerprint density at radius 3 is 1.94 bits per heavy atom. The van der Waals surface area contributed by atoms with E-state index in [1.807, 2.05) is 0 Å². The molecule has 2 aliphatic heterocycles. The van der Waals surface area contributed by atoms with Crippen molar-refractivity contribution < 1.29 is 0 Å². The molecule has 2 fully saturated rings. The van der Waals surface area contributed by atoms with Gasteiger partial charge in [-0.1, -0.05) is 27.7 Å². The van der Waals surface area contributed by atoms with E-state index in [1.165, 1.54) is 38.9 Å². The van der Waals surface area contributed by atoms with E-state index in [4.69, 9.17) is 0 Å². The standard InChI is InChI=1S/2C7H15N/c1-6(2)7-3-4-8-5-7;1-6(2)7-4-3-5-8-7/h2*6-8H,3-5H2,1-2H3. The molecule has 0 bridgehead atoms. The summed E-state index contributed by atoms with van der Waals surface area (Å²) in [4.78, 5) is 0. The van der Waals surface area contributed by atoms with Gasteiger partial charge < -0.3 is 10.6 Å². The van der Waals surface area contributed by atoms with Crippen molar-refractivity contribution in [3.05, 3.63) is 0 Å². The number of nitrogens with one attached hydrogen (secondary N) is 2. The first kappa shape index (κ1) is 14.0. The minimum atomic E-state index is 0.815. The lowest BCUT2D eigenvalue weighted by atomic mass is 9.96. The molecule has 0 aromatic carbocycles. The van der Waals surface area contributed by atoms with E-state index in [0.29, 0.717) is 0 Å². The molecule has 96 valence electrons. The summed E-state index contributed by atoms with van der Waals surface area (Å²) in [6.45, 7) is 12.9. The summed E-state index contributed by atoms with van der Waals surface area (Å²) in [6.07, 6.45) is 4.15. The predicted molar refractivity (Wildman–Crippen MR) is 71.7 cm³/mol. The third kappa shape index (κ3) is 4.84. The lowest BCUT2D eigenvalue weighted by Crippen LogP contribution is -2.26. The molecule has 0 aromatic heterocycles. The van der Waals surface area contributed by atoms with Gasteiger partial charge in [-0.15, -0.1) is 0 Å². The second kappa shape index (κ2) is 7.29. The zero-order valence-electron chi connectivity index (χ0n) is 11.6. The summed E-state index contributed by atoms with van der Waals surface area (Å²) < 4.78 is 0. The van der Waals surface area contributed by atoms with Crippen LogP contribution in [0.1, 0.15) is 47.0 Å². The van der Waals surface area contributed by atoms with Gasteiger partial charge in [0.1, 0.15) is 0 Å². The molecule has 2 N–H and O–H groups in total. The van der Waals surface area contributed by atoms with Crippen molar-refractivity contribution >= 4 is 0 Å². The van der Waals surface area contributed by atoms with Crippen LogP contribution in [0.25, 0.3) is 0 Å². The highest BCUT2D eigenvalue weighted by Gasteiger charge is 2.17. The van der Waals surface area contributed by atoms with Crippen molar-refractivity contribution in [3.63, 3.8) is 0 Å². The summed E-state index contributed by atoms with van der Waals surface area (Å²) in [7, 11) is 0. The highest BCUT2D eigenvalue weighted by Crippen LogP contribution is 2.16. The van der Waals surface area contributed by atoms with Crippen LogP contribution in [0.5, 0.6) is 0 Å². The van der Waals surface area contributed by atoms with Gasteiger partial charge in [-0.05, 0) is 56.7 Å². The Morgan fingerprint density at radius 2 is 1.69 bits per heavy atom. The first-order valence-corrected chi connectivity index (χ1v) is 7.05. The van der Waals surface area contributed by atoms with Gasteiger partial charge in [0.2, 0.25) is 0 Å². The number of hydrogen-bond donors (Lipinski definition) is 2. The minimum Gasteiger partial charge on any atom is -0.316 e. The molecular formula is C14H30N2. The van der Waals surface area contributed by atoms with Crippen LogP contribution >= 0.6 is 0 Å². The van der Waals surface area contributed by atoms with Gasteiger partial charge in [-0.25, -0.2) is 0 Å².